The minimum atomic E-state index is -4.75. The first-order valence-corrected chi connectivity index (χ1v) is 4.69. The van der Waals surface area contributed by atoms with Crippen LogP contribution >= 0.6 is 0 Å². The number of halogens is 3. The highest BCUT2D eigenvalue weighted by Crippen LogP contribution is 2.33. The summed E-state index contributed by atoms with van der Waals surface area (Å²) in [4.78, 5) is -0.749. The zero-order valence-corrected chi connectivity index (χ0v) is 7.89. The van der Waals surface area contributed by atoms with Gasteiger partial charge in [0.15, 0.2) is 11.1 Å². The van der Waals surface area contributed by atoms with Crippen LogP contribution in [0, 0.1) is 11.3 Å². The zero-order chi connectivity index (χ0) is 11.6. The summed E-state index contributed by atoms with van der Waals surface area (Å²) in [5.74, 6) is 0. The number of nitrogens with zero attached hydrogens (tertiary/aromatic N) is 1. The second kappa shape index (κ2) is 4.00. The van der Waals surface area contributed by atoms with Crippen LogP contribution in [0.2, 0.25) is 0 Å². The van der Waals surface area contributed by atoms with Gasteiger partial charge in [0.2, 0.25) is 0 Å². The molecular weight excluding hydrogens is 231 g/mol. The third-order valence-electron chi connectivity index (χ3n) is 1.60. The van der Waals surface area contributed by atoms with Gasteiger partial charge in [-0.2, -0.15) is 18.4 Å². The Morgan fingerprint density at radius 2 is 2.00 bits per heavy atom. The van der Waals surface area contributed by atoms with Crippen molar-refractivity contribution in [1.82, 2.24) is 0 Å². The lowest BCUT2D eigenvalue weighted by Gasteiger charge is -2.10. The number of rotatable bonds is 1. The minimum absolute atomic E-state index is 0.212. The Balaban J connectivity index is 3.44. The van der Waals surface area contributed by atoms with Crippen LogP contribution in [0.25, 0.3) is 0 Å². The van der Waals surface area contributed by atoms with Crippen molar-refractivity contribution in [3.63, 3.8) is 0 Å². The maximum atomic E-state index is 12.4. The zero-order valence-electron chi connectivity index (χ0n) is 7.08. The molecule has 0 aromatic heterocycles. The first-order chi connectivity index (χ1) is 6.86. The van der Waals surface area contributed by atoms with E-state index in [1.54, 1.807) is 0 Å². The summed E-state index contributed by atoms with van der Waals surface area (Å²) in [6, 6.07) is 3.94. The molecule has 0 fully saturated rings. The standard InChI is InChI=1S/C8H4F3NO2S/c9-8(10,11)6-3-5(4-12)1-2-7(6)15(13)14/h1-3H,(H,13,14). The number of hydrogen-bond acceptors (Lipinski definition) is 2. The number of alkyl halides is 3. The number of nitriles is 1. The number of hydrogen-bond donors (Lipinski definition) is 1. The van der Waals surface area contributed by atoms with E-state index in [-0.39, 0.29) is 5.56 Å². The average molecular weight is 235 g/mol. The lowest BCUT2D eigenvalue weighted by atomic mass is 10.1. The molecule has 80 valence electrons. The monoisotopic (exact) mass is 235 g/mol. The van der Waals surface area contributed by atoms with Crippen LogP contribution in [0.15, 0.2) is 23.1 Å². The first kappa shape index (κ1) is 11.7. The van der Waals surface area contributed by atoms with Crippen molar-refractivity contribution in [3.8, 4) is 6.07 Å². The summed E-state index contributed by atoms with van der Waals surface area (Å²) in [6.07, 6.45) is -4.75. The fourth-order valence-corrected chi connectivity index (χ4v) is 1.52. The van der Waals surface area contributed by atoms with Crippen LogP contribution in [0.1, 0.15) is 11.1 Å². The van der Waals surface area contributed by atoms with E-state index < -0.39 is 27.7 Å². The van der Waals surface area contributed by atoms with Crippen molar-refractivity contribution in [2.75, 3.05) is 0 Å². The van der Waals surface area contributed by atoms with E-state index in [4.69, 9.17) is 9.81 Å². The van der Waals surface area contributed by atoms with Crippen molar-refractivity contribution >= 4 is 11.1 Å². The van der Waals surface area contributed by atoms with Gasteiger partial charge in [-0.05, 0) is 18.2 Å². The maximum absolute atomic E-state index is 12.4. The van der Waals surface area contributed by atoms with Gasteiger partial charge in [0.25, 0.3) is 0 Å². The van der Waals surface area contributed by atoms with Crippen LogP contribution < -0.4 is 0 Å². The molecule has 0 radical (unpaired) electrons. The highest BCUT2D eigenvalue weighted by atomic mass is 32.2. The SMILES string of the molecule is N#Cc1ccc(S(=O)O)c(C(F)(F)F)c1. The molecule has 0 heterocycles. The van der Waals surface area contributed by atoms with Gasteiger partial charge >= 0.3 is 6.18 Å². The molecule has 1 N–H and O–H groups in total. The van der Waals surface area contributed by atoms with Crippen LogP contribution in [0.5, 0.6) is 0 Å². The van der Waals surface area contributed by atoms with E-state index in [1.165, 1.54) is 6.07 Å². The summed E-state index contributed by atoms with van der Waals surface area (Å²) in [7, 11) is 0. The molecular formula is C8H4F3NO2S. The molecule has 1 rings (SSSR count). The maximum Gasteiger partial charge on any atom is 0.417 e. The van der Waals surface area contributed by atoms with E-state index in [0.29, 0.717) is 6.07 Å². The van der Waals surface area contributed by atoms with Crippen molar-refractivity contribution < 1.29 is 21.9 Å². The molecule has 1 aromatic rings. The van der Waals surface area contributed by atoms with Crippen LogP contribution in [-0.2, 0) is 17.3 Å². The molecule has 7 heteroatoms. The predicted octanol–water partition coefficient (Wildman–Crippen LogP) is 2.16. The Morgan fingerprint density at radius 3 is 2.40 bits per heavy atom. The largest absolute Gasteiger partial charge is 0.417 e. The molecule has 15 heavy (non-hydrogen) atoms. The third-order valence-corrected chi connectivity index (χ3v) is 2.33. The van der Waals surface area contributed by atoms with E-state index in [1.807, 2.05) is 0 Å². The average Bonchev–Trinajstić information content (AvgIpc) is 2.15. The molecule has 0 saturated carbocycles. The Kier molecular flexibility index (Phi) is 3.12. The third kappa shape index (κ3) is 2.55. The molecule has 0 saturated heterocycles. The molecule has 0 amide bonds. The topological polar surface area (TPSA) is 61.1 Å². The van der Waals surface area contributed by atoms with E-state index in [9.17, 15) is 17.4 Å². The molecule has 3 nitrogen and oxygen atoms in total. The summed E-state index contributed by atoms with van der Waals surface area (Å²) in [5, 5.41) is 8.40. The van der Waals surface area contributed by atoms with Gasteiger partial charge in [0.05, 0.1) is 22.1 Å². The Hall–Kier alpha value is -1.39. The summed E-state index contributed by atoms with van der Waals surface area (Å²) >= 11 is -2.73. The molecule has 0 bridgehead atoms. The molecule has 0 spiro atoms. The summed E-state index contributed by atoms with van der Waals surface area (Å²) in [5.41, 5.74) is -1.47. The molecule has 0 aliphatic rings. The fourth-order valence-electron chi connectivity index (χ4n) is 0.973. The van der Waals surface area contributed by atoms with E-state index in [0.717, 1.165) is 12.1 Å². The van der Waals surface area contributed by atoms with Crippen molar-refractivity contribution in [1.29, 1.82) is 5.26 Å². The van der Waals surface area contributed by atoms with Gasteiger partial charge in [-0.1, -0.05) is 0 Å². The highest BCUT2D eigenvalue weighted by Gasteiger charge is 2.35. The quantitative estimate of drug-likeness (QED) is 0.758. The predicted molar refractivity (Wildman–Crippen MR) is 45.2 cm³/mol. The Bertz CT molecular complexity index is 450. The molecule has 0 aliphatic carbocycles. The molecule has 0 aliphatic heterocycles. The molecule has 1 atom stereocenters. The second-order valence-electron chi connectivity index (χ2n) is 2.57. The van der Waals surface area contributed by atoms with Crippen LogP contribution in [-0.4, -0.2) is 8.76 Å². The van der Waals surface area contributed by atoms with Gasteiger partial charge in [0, 0.05) is 0 Å². The Labute approximate surface area is 85.4 Å². The van der Waals surface area contributed by atoms with Gasteiger partial charge in [-0.25, -0.2) is 4.21 Å². The molecule has 1 aromatic carbocycles. The summed E-state index contributed by atoms with van der Waals surface area (Å²) < 4.78 is 56.3. The fraction of sp³-hybridized carbons (Fsp3) is 0.125. The van der Waals surface area contributed by atoms with Crippen molar-refractivity contribution in [3.05, 3.63) is 29.3 Å². The number of benzene rings is 1. The van der Waals surface area contributed by atoms with Gasteiger partial charge < -0.3 is 4.55 Å². The van der Waals surface area contributed by atoms with Crippen LogP contribution in [0.3, 0.4) is 0 Å². The lowest BCUT2D eigenvalue weighted by molar-refractivity contribution is -0.139. The lowest BCUT2D eigenvalue weighted by Crippen LogP contribution is -2.10. The van der Waals surface area contributed by atoms with E-state index >= 15 is 0 Å². The first-order valence-electron chi connectivity index (χ1n) is 3.58. The van der Waals surface area contributed by atoms with Gasteiger partial charge in [0.1, 0.15) is 0 Å². The minimum Gasteiger partial charge on any atom is -0.302 e. The summed E-state index contributed by atoms with van der Waals surface area (Å²) in [6.45, 7) is 0. The second-order valence-corrected chi connectivity index (χ2v) is 3.51. The van der Waals surface area contributed by atoms with Crippen molar-refractivity contribution in [2.24, 2.45) is 0 Å². The van der Waals surface area contributed by atoms with Crippen LogP contribution in [0.4, 0.5) is 13.2 Å². The van der Waals surface area contributed by atoms with Gasteiger partial charge in [-0.15, -0.1) is 0 Å². The normalized spacial score (nSPS) is 13.3. The van der Waals surface area contributed by atoms with Gasteiger partial charge in [-0.3, -0.25) is 0 Å². The smallest absolute Gasteiger partial charge is 0.302 e. The highest BCUT2D eigenvalue weighted by molar-refractivity contribution is 7.79. The van der Waals surface area contributed by atoms with Crippen molar-refractivity contribution in [2.45, 2.75) is 11.1 Å². The molecule has 1 unspecified atom stereocenters. The Morgan fingerprint density at radius 1 is 1.40 bits per heavy atom. The van der Waals surface area contributed by atoms with E-state index in [2.05, 4.69) is 0 Å².